The van der Waals surface area contributed by atoms with Gasteiger partial charge in [-0.3, -0.25) is 0 Å². The highest BCUT2D eigenvalue weighted by Gasteiger charge is 2.32. The van der Waals surface area contributed by atoms with Crippen LogP contribution in [0.15, 0.2) is 29.4 Å². The summed E-state index contributed by atoms with van der Waals surface area (Å²) in [7, 11) is 3.63. The molecular formula is C22H27FN4O2. The third-order valence-corrected chi connectivity index (χ3v) is 5.77. The minimum absolute atomic E-state index is 0.138. The van der Waals surface area contributed by atoms with Crippen LogP contribution in [0.1, 0.15) is 42.0 Å². The van der Waals surface area contributed by atoms with Crippen LogP contribution < -0.4 is 4.74 Å². The van der Waals surface area contributed by atoms with Gasteiger partial charge in [-0.25, -0.2) is 14.4 Å². The summed E-state index contributed by atoms with van der Waals surface area (Å²) in [5, 5.41) is 4.35. The van der Waals surface area contributed by atoms with Crippen molar-refractivity contribution in [3.8, 4) is 5.75 Å². The zero-order valence-electron chi connectivity index (χ0n) is 17.2. The average Bonchev–Trinajstić information content (AvgIpc) is 3.20. The van der Waals surface area contributed by atoms with E-state index in [1.165, 1.54) is 13.2 Å². The second-order valence-electron chi connectivity index (χ2n) is 7.96. The smallest absolute Gasteiger partial charge is 0.165 e. The highest BCUT2D eigenvalue weighted by Crippen LogP contribution is 2.29. The third kappa shape index (κ3) is 4.56. The van der Waals surface area contributed by atoms with Crippen LogP contribution in [0, 0.1) is 18.7 Å². The van der Waals surface area contributed by atoms with E-state index < -0.39 is 0 Å². The summed E-state index contributed by atoms with van der Waals surface area (Å²) in [6.07, 6.45) is 3.78. The number of aromatic nitrogens is 2. The Morgan fingerprint density at radius 1 is 1.21 bits per heavy atom. The van der Waals surface area contributed by atoms with Crippen molar-refractivity contribution in [1.29, 1.82) is 0 Å². The largest absolute Gasteiger partial charge is 0.494 e. The number of rotatable bonds is 5. The van der Waals surface area contributed by atoms with Gasteiger partial charge in [0.25, 0.3) is 0 Å². The maximum absolute atomic E-state index is 13.7. The fourth-order valence-electron chi connectivity index (χ4n) is 4.09. The number of halogens is 1. The van der Waals surface area contributed by atoms with Gasteiger partial charge in [-0.05, 0) is 63.7 Å². The fourth-order valence-corrected chi connectivity index (χ4v) is 4.09. The molecule has 1 saturated heterocycles. The molecule has 7 heteroatoms. The van der Waals surface area contributed by atoms with Crippen LogP contribution in [-0.4, -0.2) is 53.9 Å². The maximum atomic E-state index is 13.7. The van der Waals surface area contributed by atoms with E-state index in [1.807, 2.05) is 13.0 Å². The van der Waals surface area contributed by atoms with Crippen molar-refractivity contribution in [1.82, 2.24) is 14.9 Å². The second kappa shape index (κ2) is 8.45. The molecule has 0 amide bonds. The van der Waals surface area contributed by atoms with Crippen LogP contribution in [-0.2, 0) is 11.3 Å². The summed E-state index contributed by atoms with van der Waals surface area (Å²) >= 11 is 0. The Labute approximate surface area is 170 Å². The van der Waals surface area contributed by atoms with Crippen molar-refractivity contribution in [3.05, 3.63) is 52.9 Å². The van der Waals surface area contributed by atoms with Crippen molar-refractivity contribution >= 4 is 5.71 Å². The van der Waals surface area contributed by atoms with Gasteiger partial charge in [0, 0.05) is 24.5 Å². The molecule has 2 aliphatic heterocycles. The molecule has 1 atom stereocenters. The zero-order chi connectivity index (χ0) is 20.4. The molecule has 2 aliphatic rings. The summed E-state index contributed by atoms with van der Waals surface area (Å²) in [6.45, 7) is 4.10. The van der Waals surface area contributed by atoms with Gasteiger partial charge in [0.2, 0.25) is 0 Å². The van der Waals surface area contributed by atoms with E-state index in [2.05, 4.69) is 27.1 Å². The van der Waals surface area contributed by atoms with Gasteiger partial charge < -0.3 is 14.5 Å². The summed E-state index contributed by atoms with van der Waals surface area (Å²) in [4.78, 5) is 17.3. The predicted octanol–water partition coefficient (Wildman–Crippen LogP) is 3.36. The van der Waals surface area contributed by atoms with Crippen LogP contribution >= 0.6 is 0 Å². The van der Waals surface area contributed by atoms with Crippen molar-refractivity contribution in [2.45, 2.75) is 38.7 Å². The first-order valence-corrected chi connectivity index (χ1v) is 10.1. The minimum Gasteiger partial charge on any atom is -0.494 e. The van der Waals surface area contributed by atoms with E-state index >= 15 is 0 Å². The zero-order valence-corrected chi connectivity index (χ0v) is 17.2. The molecule has 4 rings (SSSR count). The van der Waals surface area contributed by atoms with Crippen LogP contribution in [0.4, 0.5) is 4.39 Å². The number of likely N-dealkylation sites (tertiary alicyclic amines) is 1. The van der Waals surface area contributed by atoms with Gasteiger partial charge in [0.1, 0.15) is 17.6 Å². The molecule has 1 aromatic heterocycles. The summed E-state index contributed by atoms with van der Waals surface area (Å²) in [5.41, 5.74) is 3.50. The van der Waals surface area contributed by atoms with Crippen LogP contribution in [0.25, 0.3) is 0 Å². The SMILES string of the molecule is COc1cc(Cc2cc(C3=NOC(C4CCN(C)CC4)C3)nc(C)n2)ccc1F. The number of hydrogen-bond acceptors (Lipinski definition) is 6. The molecular weight excluding hydrogens is 371 g/mol. The van der Waals surface area contributed by atoms with E-state index in [0.717, 1.165) is 55.0 Å². The first-order valence-electron chi connectivity index (χ1n) is 10.1. The van der Waals surface area contributed by atoms with Gasteiger partial charge in [0.15, 0.2) is 11.6 Å². The number of benzene rings is 1. The van der Waals surface area contributed by atoms with Crippen molar-refractivity contribution < 1.29 is 14.0 Å². The van der Waals surface area contributed by atoms with E-state index in [1.54, 1.807) is 12.1 Å². The lowest BCUT2D eigenvalue weighted by atomic mass is 9.88. The highest BCUT2D eigenvalue weighted by molar-refractivity contribution is 5.99. The number of methoxy groups -OCH3 is 1. The summed E-state index contributed by atoms with van der Waals surface area (Å²) in [5.74, 6) is 1.11. The quantitative estimate of drug-likeness (QED) is 0.773. The fraction of sp³-hybridized carbons (Fsp3) is 0.500. The Kier molecular flexibility index (Phi) is 5.76. The van der Waals surface area contributed by atoms with Gasteiger partial charge in [-0.1, -0.05) is 11.2 Å². The van der Waals surface area contributed by atoms with Gasteiger partial charge in [-0.15, -0.1) is 0 Å². The monoisotopic (exact) mass is 398 g/mol. The predicted molar refractivity (Wildman–Crippen MR) is 109 cm³/mol. The number of aryl methyl sites for hydroxylation is 1. The van der Waals surface area contributed by atoms with Crippen LogP contribution in [0.2, 0.25) is 0 Å². The number of piperidine rings is 1. The number of nitrogens with zero attached hydrogens (tertiary/aromatic N) is 4. The molecule has 0 aliphatic carbocycles. The molecule has 29 heavy (non-hydrogen) atoms. The lowest BCUT2D eigenvalue weighted by Gasteiger charge is -2.31. The van der Waals surface area contributed by atoms with E-state index in [9.17, 15) is 4.39 Å². The lowest BCUT2D eigenvalue weighted by Crippen LogP contribution is -2.35. The molecule has 1 aromatic carbocycles. The first kappa shape index (κ1) is 19.8. The molecule has 0 radical (unpaired) electrons. The van der Waals surface area contributed by atoms with Crippen molar-refractivity contribution in [2.24, 2.45) is 11.1 Å². The number of hydrogen-bond donors (Lipinski definition) is 0. The molecule has 0 bridgehead atoms. The normalized spacial score (nSPS) is 20.4. The molecule has 0 saturated carbocycles. The Morgan fingerprint density at radius 3 is 2.76 bits per heavy atom. The summed E-state index contributed by atoms with van der Waals surface area (Å²) in [6, 6.07) is 6.84. The van der Waals surface area contributed by atoms with Gasteiger partial charge in [-0.2, -0.15) is 0 Å². The maximum Gasteiger partial charge on any atom is 0.165 e. The molecule has 2 aromatic rings. The van der Waals surface area contributed by atoms with Gasteiger partial charge in [0.05, 0.1) is 12.8 Å². The average molecular weight is 398 g/mol. The first-order chi connectivity index (χ1) is 14.0. The Bertz CT molecular complexity index is 910. The molecule has 1 fully saturated rings. The standard InChI is InChI=1S/C22H27FN4O2/c1-14-24-17(10-15-4-5-18(23)22(11-15)28-3)12-19(25-14)20-13-21(29-26-20)16-6-8-27(2)9-7-16/h4-5,11-12,16,21H,6-10,13H2,1-3H3. The molecule has 1 unspecified atom stereocenters. The molecule has 0 spiro atoms. The van der Waals surface area contributed by atoms with Crippen molar-refractivity contribution in [2.75, 3.05) is 27.2 Å². The van der Waals surface area contributed by atoms with E-state index in [0.29, 0.717) is 18.2 Å². The third-order valence-electron chi connectivity index (χ3n) is 5.77. The molecule has 6 nitrogen and oxygen atoms in total. The van der Waals surface area contributed by atoms with Crippen molar-refractivity contribution in [3.63, 3.8) is 0 Å². The van der Waals surface area contributed by atoms with E-state index in [4.69, 9.17) is 9.57 Å². The molecule has 0 N–H and O–H groups in total. The minimum atomic E-state index is -0.367. The Morgan fingerprint density at radius 2 is 2.00 bits per heavy atom. The Hall–Kier alpha value is -2.54. The van der Waals surface area contributed by atoms with E-state index in [-0.39, 0.29) is 17.7 Å². The topological polar surface area (TPSA) is 59.8 Å². The van der Waals surface area contributed by atoms with Gasteiger partial charge >= 0.3 is 0 Å². The van der Waals surface area contributed by atoms with Crippen LogP contribution in [0.3, 0.4) is 0 Å². The van der Waals surface area contributed by atoms with Crippen LogP contribution in [0.5, 0.6) is 5.75 Å². The molecule has 3 heterocycles. The second-order valence-corrected chi connectivity index (χ2v) is 7.96. The number of ether oxygens (including phenoxy) is 1. The molecule has 154 valence electrons. The summed E-state index contributed by atoms with van der Waals surface area (Å²) < 4.78 is 18.8. The highest BCUT2D eigenvalue weighted by atomic mass is 19.1. The number of oxime groups is 1. The Balaban J connectivity index is 1.47. The lowest BCUT2D eigenvalue weighted by molar-refractivity contribution is 0.0172.